The van der Waals surface area contributed by atoms with E-state index >= 15 is 0 Å². The van der Waals surface area contributed by atoms with Crippen molar-refractivity contribution in [1.29, 1.82) is 0 Å². The van der Waals surface area contributed by atoms with Crippen LogP contribution in [0.4, 0.5) is 10.1 Å². The van der Waals surface area contributed by atoms with Crippen molar-refractivity contribution in [2.24, 2.45) is 0 Å². The average molecular weight is 418 g/mol. The molecule has 1 aromatic heterocycles. The van der Waals surface area contributed by atoms with Gasteiger partial charge in [0, 0.05) is 6.54 Å². The van der Waals surface area contributed by atoms with E-state index in [9.17, 15) is 14.0 Å². The Morgan fingerprint density at radius 3 is 2.57 bits per heavy atom. The van der Waals surface area contributed by atoms with Crippen LogP contribution in [0.3, 0.4) is 0 Å². The zero-order valence-corrected chi connectivity index (χ0v) is 16.5. The molecule has 0 aliphatic heterocycles. The molecule has 28 heavy (non-hydrogen) atoms. The van der Waals surface area contributed by atoms with Crippen molar-refractivity contribution in [3.63, 3.8) is 0 Å². The number of nitrogens with one attached hydrogen (secondary N) is 2. The normalized spacial score (nSPS) is 10.5. The summed E-state index contributed by atoms with van der Waals surface area (Å²) in [6.07, 6.45) is 0.0436. The number of anilines is 1. The smallest absolute Gasteiger partial charge is 0.263 e. The van der Waals surface area contributed by atoms with Crippen LogP contribution in [-0.4, -0.2) is 16.8 Å². The molecular weight excluding hydrogens is 401 g/mol. The second-order valence-corrected chi connectivity index (χ2v) is 7.53. The Bertz CT molecular complexity index is 1000. The van der Waals surface area contributed by atoms with Gasteiger partial charge in [0.2, 0.25) is 5.91 Å². The number of hydrogen-bond acceptors (Lipinski definition) is 4. The van der Waals surface area contributed by atoms with Crippen LogP contribution in [0.25, 0.3) is 0 Å². The maximum Gasteiger partial charge on any atom is 0.263 e. The Hall–Kier alpha value is -2.77. The van der Waals surface area contributed by atoms with Gasteiger partial charge in [-0.15, -0.1) is 11.3 Å². The minimum atomic E-state index is -0.326. The summed E-state index contributed by atoms with van der Waals surface area (Å²) in [6.45, 7) is 2.00. The van der Waals surface area contributed by atoms with Crippen LogP contribution < -0.4 is 10.6 Å². The summed E-state index contributed by atoms with van der Waals surface area (Å²) in [5.41, 5.74) is 1.87. The number of thiazole rings is 1. The van der Waals surface area contributed by atoms with E-state index in [1.165, 1.54) is 23.5 Å². The molecule has 0 bridgehead atoms. The van der Waals surface area contributed by atoms with Crippen LogP contribution in [0, 0.1) is 12.7 Å². The van der Waals surface area contributed by atoms with Crippen molar-refractivity contribution in [3.8, 4) is 0 Å². The minimum Gasteiger partial charge on any atom is -0.347 e. The number of hydrogen-bond donors (Lipinski definition) is 2. The van der Waals surface area contributed by atoms with Gasteiger partial charge in [0.1, 0.15) is 15.7 Å². The number of para-hydroxylation sites is 1. The largest absolute Gasteiger partial charge is 0.347 e. The first-order chi connectivity index (χ1) is 13.4. The number of halogens is 2. The van der Waals surface area contributed by atoms with E-state index in [2.05, 4.69) is 15.6 Å². The number of rotatable bonds is 6. The van der Waals surface area contributed by atoms with Crippen molar-refractivity contribution < 1.29 is 14.0 Å². The summed E-state index contributed by atoms with van der Waals surface area (Å²) in [5.74, 6) is -0.870. The van der Waals surface area contributed by atoms with Crippen molar-refractivity contribution in [1.82, 2.24) is 10.3 Å². The number of aromatic nitrogens is 1. The highest BCUT2D eigenvalue weighted by Crippen LogP contribution is 2.22. The Kier molecular flexibility index (Phi) is 6.38. The quantitative estimate of drug-likeness (QED) is 0.626. The number of benzene rings is 2. The van der Waals surface area contributed by atoms with Gasteiger partial charge in [-0.3, -0.25) is 9.59 Å². The van der Waals surface area contributed by atoms with Crippen molar-refractivity contribution >= 4 is 40.4 Å². The molecule has 0 unspecified atom stereocenters. The van der Waals surface area contributed by atoms with Gasteiger partial charge in [-0.05, 0) is 36.8 Å². The Morgan fingerprint density at radius 1 is 1.14 bits per heavy atom. The summed E-state index contributed by atoms with van der Waals surface area (Å²) < 4.78 is 12.9. The molecule has 2 N–H and O–H groups in total. The first kappa shape index (κ1) is 20.0. The molecule has 144 valence electrons. The number of amides is 2. The number of aryl methyl sites for hydroxylation is 1. The van der Waals surface area contributed by atoms with Gasteiger partial charge in [0.25, 0.3) is 5.91 Å². The molecular formula is C20H17ClFN3O2S. The van der Waals surface area contributed by atoms with Gasteiger partial charge in [0.15, 0.2) is 0 Å². The third-order valence-electron chi connectivity index (χ3n) is 3.87. The van der Waals surface area contributed by atoms with Crippen LogP contribution in [0.5, 0.6) is 0 Å². The first-order valence-corrected chi connectivity index (χ1v) is 9.65. The van der Waals surface area contributed by atoms with Crippen molar-refractivity contribution in [2.45, 2.75) is 19.9 Å². The molecule has 0 atom stereocenters. The maximum absolute atomic E-state index is 12.9. The molecule has 8 heteroatoms. The number of nitrogens with zero attached hydrogens (tertiary/aromatic N) is 1. The van der Waals surface area contributed by atoms with Crippen LogP contribution in [-0.2, 0) is 17.8 Å². The fraction of sp³-hybridized carbons (Fsp3) is 0.150. The van der Waals surface area contributed by atoms with Crippen LogP contribution in [0.15, 0.2) is 48.5 Å². The van der Waals surface area contributed by atoms with Crippen LogP contribution in [0.2, 0.25) is 5.02 Å². The lowest BCUT2D eigenvalue weighted by Crippen LogP contribution is -2.22. The second-order valence-electron chi connectivity index (χ2n) is 6.04. The fourth-order valence-electron chi connectivity index (χ4n) is 2.50. The standard InChI is InChI=1S/C20H17ClFN3O2S/c1-12-19(20(27)23-11-13-6-8-14(22)9-7-13)28-18(24-12)10-17(26)25-16-5-3-2-4-15(16)21/h2-9H,10-11H2,1H3,(H,23,27)(H,25,26). The summed E-state index contributed by atoms with van der Waals surface area (Å²) in [4.78, 5) is 29.4. The first-order valence-electron chi connectivity index (χ1n) is 8.45. The SMILES string of the molecule is Cc1nc(CC(=O)Nc2ccccc2Cl)sc1C(=O)NCc1ccc(F)cc1. The Morgan fingerprint density at radius 2 is 1.86 bits per heavy atom. The molecule has 0 radical (unpaired) electrons. The Labute approximate surface area is 170 Å². The van der Waals surface area contributed by atoms with E-state index in [1.807, 2.05) is 0 Å². The predicted molar refractivity (Wildman–Crippen MR) is 108 cm³/mol. The molecule has 3 aromatic rings. The molecule has 0 saturated heterocycles. The average Bonchev–Trinajstić information content (AvgIpc) is 3.03. The third-order valence-corrected chi connectivity index (χ3v) is 5.36. The molecule has 1 heterocycles. The monoisotopic (exact) mass is 417 g/mol. The van der Waals surface area contributed by atoms with Crippen LogP contribution in [0.1, 0.15) is 25.9 Å². The van der Waals surface area contributed by atoms with E-state index in [0.29, 0.717) is 26.3 Å². The van der Waals surface area contributed by atoms with E-state index in [-0.39, 0.29) is 30.6 Å². The molecule has 0 fully saturated rings. The highest BCUT2D eigenvalue weighted by atomic mass is 35.5. The molecule has 0 aliphatic carbocycles. The molecule has 2 amide bonds. The van der Waals surface area contributed by atoms with Gasteiger partial charge in [0.05, 0.1) is 22.8 Å². The second kappa shape index (κ2) is 8.95. The van der Waals surface area contributed by atoms with E-state index in [4.69, 9.17) is 11.6 Å². The fourth-order valence-corrected chi connectivity index (χ4v) is 3.66. The van der Waals surface area contributed by atoms with Gasteiger partial charge < -0.3 is 10.6 Å². The summed E-state index contributed by atoms with van der Waals surface area (Å²) in [5, 5.41) is 6.50. The van der Waals surface area contributed by atoms with Crippen LogP contribution >= 0.6 is 22.9 Å². The van der Waals surface area contributed by atoms with E-state index in [1.54, 1.807) is 43.3 Å². The van der Waals surface area contributed by atoms with Crippen molar-refractivity contribution in [2.75, 3.05) is 5.32 Å². The number of carbonyl (C=O) groups excluding carboxylic acids is 2. The molecule has 0 saturated carbocycles. The molecule has 0 spiro atoms. The molecule has 0 aliphatic rings. The third kappa shape index (κ3) is 5.15. The lowest BCUT2D eigenvalue weighted by Gasteiger charge is -2.05. The highest BCUT2D eigenvalue weighted by Gasteiger charge is 2.17. The summed E-state index contributed by atoms with van der Waals surface area (Å²) >= 11 is 7.21. The van der Waals surface area contributed by atoms with E-state index < -0.39 is 0 Å². The lowest BCUT2D eigenvalue weighted by atomic mass is 10.2. The zero-order chi connectivity index (χ0) is 20.1. The molecule has 2 aromatic carbocycles. The van der Waals surface area contributed by atoms with Crippen molar-refractivity contribution in [3.05, 3.63) is 80.5 Å². The topological polar surface area (TPSA) is 71.1 Å². The lowest BCUT2D eigenvalue weighted by molar-refractivity contribution is -0.115. The predicted octanol–water partition coefficient (Wildman–Crippen LogP) is 4.36. The Balaban J connectivity index is 1.60. The molecule has 3 rings (SSSR count). The number of carbonyl (C=O) groups is 2. The minimum absolute atomic E-state index is 0.0436. The summed E-state index contributed by atoms with van der Waals surface area (Å²) in [7, 11) is 0. The highest BCUT2D eigenvalue weighted by molar-refractivity contribution is 7.13. The molecule has 5 nitrogen and oxygen atoms in total. The maximum atomic E-state index is 12.9. The van der Waals surface area contributed by atoms with E-state index in [0.717, 1.165) is 5.56 Å². The summed E-state index contributed by atoms with van der Waals surface area (Å²) in [6, 6.07) is 12.9. The van der Waals surface area contributed by atoms with Gasteiger partial charge in [-0.1, -0.05) is 35.9 Å². The zero-order valence-electron chi connectivity index (χ0n) is 15.0. The van der Waals surface area contributed by atoms with Gasteiger partial charge >= 0.3 is 0 Å². The van der Waals surface area contributed by atoms with Gasteiger partial charge in [-0.2, -0.15) is 0 Å². The van der Waals surface area contributed by atoms with Gasteiger partial charge in [-0.25, -0.2) is 9.37 Å².